The highest BCUT2D eigenvalue weighted by Crippen LogP contribution is 2.40. The molecule has 0 atom stereocenters. The van der Waals surface area contributed by atoms with Crippen molar-refractivity contribution in [2.75, 3.05) is 20.0 Å². The third kappa shape index (κ3) is 1.81. The fourth-order valence-corrected chi connectivity index (χ4v) is 1.31. The van der Waals surface area contributed by atoms with E-state index >= 15 is 0 Å². The number of nitrogen functional groups attached to an aromatic ring is 1. The summed E-state index contributed by atoms with van der Waals surface area (Å²) in [5.41, 5.74) is 5.67. The fourth-order valence-electron chi connectivity index (χ4n) is 1.31. The molecule has 82 valence electrons. The van der Waals surface area contributed by atoms with E-state index < -0.39 is 0 Å². The van der Waals surface area contributed by atoms with Crippen molar-refractivity contribution in [1.29, 1.82) is 0 Å². The van der Waals surface area contributed by atoms with Crippen molar-refractivity contribution in [1.82, 2.24) is 0 Å². The predicted molar refractivity (Wildman–Crippen MR) is 55.6 cm³/mol. The summed E-state index contributed by atoms with van der Waals surface area (Å²) >= 11 is 0. The molecule has 1 aromatic rings. The van der Waals surface area contributed by atoms with E-state index in [1.807, 2.05) is 0 Å². The number of phenols is 1. The third-order valence-corrected chi connectivity index (χ3v) is 2.06. The lowest BCUT2D eigenvalue weighted by Gasteiger charge is -2.13. The molecule has 15 heavy (non-hydrogen) atoms. The maximum atomic E-state index is 11.3. The first-order valence-corrected chi connectivity index (χ1v) is 4.27. The molecule has 0 spiro atoms. The Morgan fingerprint density at radius 1 is 1.33 bits per heavy atom. The van der Waals surface area contributed by atoms with Gasteiger partial charge in [-0.25, -0.2) is 0 Å². The number of benzene rings is 1. The minimum absolute atomic E-state index is 0.0310. The van der Waals surface area contributed by atoms with Gasteiger partial charge in [-0.2, -0.15) is 0 Å². The first-order valence-electron chi connectivity index (χ1n) is 4.27. The van der Waals surface area contributed by atoms with E-state index in [-0.39, 0.29) is 34.3 Å². The van der Waals surface area contributed by atoms with Gasteiger partial charge >= 0.3 is 0 Å². The van der Waals surface area contributed by atoms with Gasteiger partial charge in [0.25, 0.3) is 0 Å². The summed E-state index contributed by atoms with van der Waals surface area (Å²) < 4.78 is 9.90. The summed E-state index contributed by atoms with van der Waals surface area (Å²) in [6, 6.07) is 1.46. The van der Waals surface area contributed by atoms with Crippen LogP contribution in [-0.4, -0.2) is 25.1 Å². The van der Waals surface area contributed by atoms with E-state index in [2.05, 4.69) is 0 Å². The number of aromatic hydroxyl groups is 1. The topological polar surface area (TPSA) is 81.8 Å². The number of carbonyl (C=O) groups excluding carboxylic acids is 1. The van der Waals surface area contributed by atoms with Crippen LogP contribution in [0.25, 0.3) is 0 Å². The number of carbonyl (C=O) groups is 1. The van der Waals surface area contributed by atoms with Gasteiger partial charge in [0.15, 0.2) is 11.5 Å². The lowest BCUT2D eigenvalue weighted by Crippen LogP contribution is -2.02. The molecule has 0 radical (unpaired) electrons. The highest BCUT2D eigenvalue weighted by atomic mass is 16.5. The molecule has 5 heteroatoms. The van der Waals surface area contributed by atoms with Crippen LogP contribution in [0, 0.1) is 0 Å². The van der Waals surface area contributed by atoms with Crippen molar-refractivity contribution in [2.45, 2.75) is 6.92 Å². The summed E-state index contributed by atoms with van der Waals surface area (Å²) in [6.45, 7) is 1.32. The zero-order chi connectivity index (χ0) is 11.6. The molecular formula is C10H13NO4. The Labute approximate surface area is 87.4 Å². The Bertz CT molecular complexity index is 401. The van der Waals surface area contributed by atoms with E-state index in [9.17, 15) is 9.90 Å². The molecule has 3 N–H and O–H groups in total. The van der Waals surface area contributed by atoms with Crippen molar-refractivity contribution in [3.8, 4) is 17.2 Å². The number of ether oxygens (including phenoxy) is 2. The summed E-state index contributed by atoms with van der Waals surface area (Å²) in [4.78, 5) is 11.3. The summed E-state index contributed by atoms with van der Waals surface area (Å²) in [7, 11) is 2.81. The fraction of sp³-hybridized carbons (Fsp3) is 0.300. The Kier molecular flexibility index (Phi) is 3.04. The van der Waals surface area contributed by atoms with Crippen LogP contribution >= 0.6 is 0 Å². The monoisotopic (exact) mass is 211 g/mol. The molecule has 0 amide bonds. The second-order valence-corrected chi connectivity index (χ2v) is 2.97. The van der Waals surface area contributed by atoms with Gasteiger partial charge in [0.2, 0.25) is 0 Å². The van der Waals surface area contributed by atoms with Gasteiger partial charge in [-0.1, -0.05) is 0 Å². The number of hydrogen-bond acceptors (Lipinski definition) is 5. The molecule has 0 aromatic heterocycles. The average Bonchev–Trinajstić information content (AvgIpc) is 2.20. The maximum Gasteiger partial charge on any atom is 0.167 e. The van der Waals surface area contributed by atoms with Gasteiger partial charge in [0.05, 0.1) is 14.2 Å². The van der Waals surface area contributed by atoms with E-state index in [4.69, 9.17) is 15.2 Å². The van der Waals surface area contributed by atoms with Crippen molar-refractivity contribution in [3.05, 3.63) is 11.6 Å². The van der Waals surface area contributed by atoms with Crippen LogP contribution in [0.1, 0.15) is 17.3 Å². The number of methoxy groups -OCH3 is 2. The Balaban J connectivity index is 3.51. The largest absolute Gasteiger partial charge is 0.505 e. The highest BCUT2D eigenvalue weighted by molar-refractivity contribution is 6.02. The molecule has 1 aromatic carbocycles. The molecular weight excluding hydrogens is 198 g/mol. The minimum Gasteiger partial charge on any atom is -0.505 e. The molecule has 0 aliphatic carbocycles. The second kappa shape index (κ2) is 4.08. The maximum absolute atomic E-state index is 11.3. The Morgan fingerprint density at radius 3 is 2.27 bits per heavy atom. The number of hydrogen-bond donors (Lipinski definition) is 2. The van der Waals surface area contributed by atoms with Crippen LogP contribution in [0.4, 0.5) is 5.69 Å². The van der Waals surface area contributed by atoms with E-state index in [0.717, 1.165) is 0 Å². The SMILES string of the molecule is COc1cc(OC)c(C(C)=O)c(O)c1N. The van der Waals surface area contributed by atoms with Crippen LogP contribution in [0.15, 0.2) is 6.07 Å². The van der Waals surface area contributed by atoms with Crippen LogP contribution in [0.5, 0.6) is 17.2 Å². The average molecular weight is 211 g/mol. The number of Topliss-reactive ketones (excluding diaryl/α,β-unsaturated/α-hetero) is 1. The van der Waals surface area contributed by atoms with Gasteiger partial charge in [-0.15, -0.1) is 0 Å². The smallest absolute Gasteiger partial charge is 0.167 e. The zero-order valence-electron chi connectivity index (χ0n) is 8.83. The zero-order valence-corrected chi connectivity index (χ0v) is 8.83. The van der Waals surface area contributed by atoms with Crippen LogP contribution < -0.4 is 15.2 Å². The van der Waals surface area contributed by atoms with Gasteiger partial charge in [-0.05, 0) is 6.92 Å². The second-order valence-electron chi connectivity index (χ2n) is 2.97. The van der Waals surface area contributed by atoms with Crippen molar-refractivity contribution >= 4 is 11.5 Å². The van der Waals surface area contributed by atoms with Crippen molar-refractivity contribution < 1.29 is 19.4 Å². The van der Waals surface area contributed by atoms with Crippen LogP contribution in [0.3, 0.4) is 0 Å². The molecule has 0 fully saturated rings. The molecule has 0 unspecified atom stereocenters. The minimum atomic E-state index is -0.321. The molecule has 1 rings (SSSR count). The summed E-state index contributed by atoms with van der Waals surface area (Å²) in [6.07, 6.45) is 0. The number of nitrogens with two attached hydrogens (primary N) is 1. The first kappa shape index (κ1) is 11.2. The summed E-state index contributed by atoms with van der Waals surface area (Å²) in [5, 5.41) is 9.69. The van der Waals surface area contributed by atoms with E-state index in [0.29, 0.717) is 0 Å². The van der Waals surface area contributed by atoms with Crippen molar-refractivity contribution in [3.63, 3.8) is 0 Å². The van der Waals surface area contributed by atoms with E-state index in [1.54, 1.807) is 0 Å². The highest BCUT2D eigenvalue weighted by Gasteiger charge is 2.19. The quantitative estimate of drug-likeness (QED) is 0.446. The van der Waals surface area contributed by atoms with Crippen LogP contribution in [-0.2, 0) is 0 Å². The number of phenolic OH excluding ortho intramolecular Hbond substituents is 1. The van der Waals surface area contributed by atoms with Gasteiger partial charge in [-0.3, -0.25) is 4.79 Å². The lowest BCUT2D eigenvalue weighted by molar-refractivity contribution is 0.101. The molecule has 0 aliphatic heterocycles. The van der Waals surface area contributed by atoms with Crippen molar-refractivity contribution in [2.24, 2.45) is 0 Å². The number of rotatable bonds is 3. The lowest BCUT2D eigenvalue weighted by atomic mass is 10.1. The van der Waals surface area contributed by atoms with Gasteiger partial charge in [0, 0.05) is 6.07 Å². The Morgan fingerprint density at radius 2 is 1.87 bits per heavy atom. The molecule has 0 heterocycles. The van der Waals surface area contributed by atoms with E-state index in [1.165, 1.54) is 27.2 Å². The van der Waals surface area contributed by atoms with Gasteiger partial charge in [0.1, 0.15) is 22.7 Å². The predicted octanol–water partition coefficient (Wildman–Crippen LogP) is 1.19. The third-order valence-electron chi connectivity index (χ3n) is 2.06. The molecule has 0 saturated heterocycles. The van der Waals surface area contributed by atoms with Gasteiger partial charge < -0.3 is 20.3 Å². The molecule has 5 nitrogen and oxygen atoms in total. The first-order chi connectivity index (χ1) is 7.02. The van der Waals surface area contributed by atoms with Crippen LogP contribution in [0.2, 0.25) is 0 Å². The number of anilines is 1. The number of ketones is 1. The molecule has 0 bridgehead atoms. The standard InChI is InChI=1S/C10H13NO4/c1-5(12)8-6(14-2)4-7(15-3)9(11)10(8)13/h4,13H,11H2,1-3H3. The summed E-state index contributed by atoms with van der Waals surface area (Å²) in [5.74, 6) is -0.113. The normalized spacial score (nSPS) is 9.80. The molecule has 0 saturated carbocycles. The Hall–Kier alpha value is -1.91. The molecule has 0 aliphatic rings.